The number of carbonyl (C=O) groups excluding carboxylic acids is 3. The molecule has 3 aliphatic heterocycles. The molecule has 2 aromatic carbocycles. The maximum atomic E-state index is 14.1. The zero-order valence-electron chi connectivity index (χ0n) is 29.6. The van der Waals surface area contributed by atoms with Gasteiger partial charge in [-0.05, 0) is 66.3 Å². The number of hydrogen-bond donors (Lipinski definition) is 2. The van der Waals surface area contributed by atoms with Crippen LogP contribution in [0, 0.1) is 11.3 Å². The Morgan fingerprint density at radius 2 is 1.75 bits per heavy atom. The number of aromatic nitrogens is 2. The van der Waals surface area contributed by atoms with Crippen LogP contribution in [0.4, 0.5) is 16.3 Å². The summed E-state index contributed by atoms with van der Waals surface area (Å²) in [5, 5.41) is 12.7. The van der Waals surface area contributed by atoms with Gasteiger partial charge in [-0.2, -0.15) is 5.26 Å². The lowest BCUT2D eigenvalue weighted by atomic mass is 9.70. The van der Waals surface area contributed by atoms with Crippen LogP contribution in [0.1, 0.15) is 83.9 Å². The van der Waals surface area contributed by atoms with Gasteiger partial charge in [0.15, 0.2) is 5.78 Å². The number of nitrogens with one attached hydrogen (secondary N) is 2. The second-order valence-electron chi connectivity index (χ2n) is 14.9. The lowest BCUT2D eigenvalue weighted by Gasteiger charge is -2.44. The maximum absolute atomic E-state index is 14.1. The van der Waals surface area contributed by atoms with Gasteiger partial charge in [0.1, 0.15) is 5.82 Å². The molecule has 0 atom stereocenters. The van der Waals surface area contributed by atoms with Crippen LogP contribution in [0.15, 0.2) is 48.7 Å². The number of benzene rings is 2. The molecule has 0 unspecified atom stereocenters. The molecule has 262 valence electrons. The van der Waals surface area contributed by atoms with Gasteiger partial charge in [-0.1, -0.05) is 32.9 Å². The molecule has 8 rings (SSSR count). The van der Waals surface area contributed by atoms with Crippen molar-refractivity contribution in [2.45, 2.75) is 64.5 Å². The largest absolute Gasteiger partial charge is 0.371 e. The van der Waals surface area contributed by atoms with E-state index in [0.29, 0.717) is 24.0 Å². The third kappa shape index (κ3) is 5.86. The van der Waals surface area contributed by atoms with E-state index in [4.69, 9.17) is 0 Å². The standard InChI is InChI=1S/C40H44N8O3/c1-4-27-20-30-31(40(2,3)38-36(37(30)50)29-7-5-25(22-41)19-32(29)43-38)21-33(27)47-12-9-28(10-13-47)46-17-15-45(16-18-46)24-26-6-8-34(42-23-26)48-14-11-35(49)44-39(48)51/h5-8,19-21,23,28,43H,4,9-18,24H2,1-3H3,(H,44,49,51). The zero-order chi connectivity index (χ0) is 35.4. The fourth-order valence-electron chi connectivity index (χ4n) is 8.63. The highest BCUT2D eigenvalue weighted by molar-refractivity contribution is 6.20. The Kier molecular flexibility index (Phi) is 8.39. The predicted octanol–water partition coefficient (Wildman–Crippen LogP) is 5.10. The number of imide groups is 1. The molecule has 0 saturated carbocycles. The van der Waals surface area contributed by atoms with Crippen molar-refractivity contribution in [3.8, 4) is 6.07 Å². The second-order valence-corrected chi connectivity index (χ2v) is 14.9. The number of H-pyrrole nitrogens is 1. The van der Waals surface area contributed by atoms with Crippen molar-refractivity contribution in [1.82, 2.24) is 25.1 Å². The van der Waals surface area contributed by atoms with Gasteiger partial charge in [0.05, 0.1) is 17.2 Å². The van der Waals surface area contributed by atoms with Gasteiger partial charge >= 0.3 is 6.03 Å². The van der Waals surface area contributed by atoms with E-state index >= 15 is 0 Å². The first kappa shape index (κ1) is 33.1. The Bertz CT molecular complexity index is 2080. The van der Waals surface area contributed by atoms with Gasteiger partial charge in [-0.3, -0.25) is 29.6 Å². The molecule has 3 fully saturated rings. The Labute approximate surface area is 298 Å². The first-order chi connectivity index (χ1) is 24.6. The van der Waals surface area contributed by atoms with Crippen molar-refractivity contribution >= 4 is 40.1 Å². The summed E-state index contributed by atoms with van der Waals surface area (Å²) in [5.74, 6) is 0.384. The minimum Gasteiger partial charge on any atom is -0.371 e. The molecule has 0 bridgehead atoms. The number of ketones is 1. The van der Waals surface area contributed by atoms with Crippen LogP contribution in [0.3, 0.4) is 0 Å². The number of anilines is 2. The molecule has 2 aromatic heterocycles. The molecule has 11 nitrogen and oxygen atoms in total. The number of aromatic amines is 1. The number of piperazine rings is 1. The molecule has 0 spiro atoms. The molecule has 4 aliphatic rings. The highest BCUT2D eigenvalue weighted by Crippen LogP contribution is 2.46. The summed E-state index contributed by atoms with van der Waals surface area (Å²) in [6.45, 7) is 13.8. The van der Waals surface area contributed by atoms with Crippen molar-refractivity contribution in [2.75, 3.05) is 55.6 Å². The molecule has 3 saturated heterocycles. The molecule has 1 aliphatic carbocycles. The average Bonchev–Trinajstić information content (AvgIpc) is 3.55. The number of amides is 3. The second kappa shape index (κ2) is 12.9. The van der Waals surface area contributed by atoms with Crippen molar-refractivity contribution in [3.63, 3.8) is 0 Å². The number of nitriles is 1. The number of pyridine rings is 1. The van der Waals surface area contributed by atoms with E-state index in [9.17, 15) is 19.6 Å². The minimum absolute atomic E-state index is 0.0629. The number of nitrogens with zero attached hydrogens (tertiary/aromatic N) is 6. The summed E-state index contributed by atoms with van der Waals surface area (Å²) < 4.78 is 0. The molecule has 5 heterocycles. The summed E-state index contributed by atoms with van der Waals surface area (Å²) in [5.41, 5.74) is 8.13. The quantitative estimate of drug-likeness (QED) is 0.287. The molecular formula is C40H44N8O3. The van der Waals surface area contributed by atoms with Crippen LogP contribution in [-0.4, -0.2) is 89.3 Å². The van der Waals surface area contributed by atoms with Crippen LogP contribution in [0.25, 0.3) is 10.9 Å². The zero-order valence-corrected chi connectivity index (χ0v) is 29.6. The lowest BCUT2D eigenvalue weighted by molar-refractivity contribution is -0.120. The SMILES string of the molecule is CCc1cc2c(cc1N1CCC(N3CCN(Cc4ccc(N5CCC(=O)NC5=O)nc4)CC3)CC1)C(C)(C)c1[nH]c3cc(C#N)ccc3c1C2=O. The van der Waals surface area contributed by atoms with Crippen molar-refractivity contribution in [3.05, 3.63) is 87.7 Å². The maximum Gasteiger partial charge on any atom is 0.329 e. The summed E-state index contributed by atoms with van der Waals surface area (Å²) in [6, 6.07) is 16.2. The van der Waals surface area contributed by atoms with E-state index in [1.54, 1.807) is 6.07 Å². The number of carbonyl (C=O) groups is 3. The Morgan fingerprint density at radius 1 is 0.961 bits per heavy atom. The molecule has 2 N–H and O–H groups in total. The van der Waals surface area contributed by atoms with Crippen molar-refractivity contribution in [2.24, 2.45) is 0 Å². The van der Waals surface area contributed by atoms with E-state index < -0.39 is 11.4 Å². The Hall–Kier alpha value is -5.05. The molecule has 0 radical (unpaired) electrons. The number of rotatable bonds is 6. The summed E-state index contributed by atoms with van der Waals surface area (Å²) in [6.07, 6.45) is 5.20. The lowest BCUT2D eigenvalue weighted by Crippen LogP contribution is -2.53. The van der Waals surface area contributed by atoms with Gasteiger partial charge in [0, 0.05) is 104 Å². The summed E-state index contributed by atoms with van der Waals surface area (Å²) >= 11 is 0. The number of urea groups is 1. The Morgan fingerprint density at radius 3 is 2.43 bits per heavy atom. The summed E-state index contributed by atoms with van der Waals surface area (Å²) in [7, 11) is 0. The van der Waals surface area contributed by atoms with Crippen molar-refractivity contribution in [1.29, 1.82) is 5.26 Å². The summed E-state index contributed by atoms with van der Waals surface area (Å²) in [4.78, 5) is 55.0. The fraction of sp³-hybridized carbons (Fsp3) is 0.425. The van der Waals surface area contributed by atoms with Crippen LogP contribution < -0.4 is 15.1 Å². The van der Waals surface area contributed by atoms with Crippen LogP contribution in [0.2, 0.25) is 0 Å². The van der Waals surface area contributed by atoms with Gasteiger partial charge in [-0.25, -0.2) is 9.78 Å². The minimum atomic E-state index is -0.413. The van der Waals surface area contributed by atoms with Crippen LogP contribution in [0.5, 0.6) is 0 Å². The first-order valence-corrected chi connectivity index (χ1v) is 18.2. The fourth-order valence-corrected chi connectivity index (χ4v) is 8.63. The van der Waals surface area contributed by atoms with Crippen LogP contribution >= 0.6 is 0 Å². The monoisotopic (exact) mass is 684 g/mol. The van der Waals surface area contributed by atoms with Gasteiger partial charge in [0.25, 0.3) is 0 Å². The third-order valence-corrected chi connectivity index (χ3v) is 11.6. The number of fused-ring (bicyclic) bond motifs is 4. The molecular weight excluding hydrogens is 640 g/mol. The predicted molar refractivity (Wildman–Crippen MR) is 196 cm³/mol. The molecule has 3 amide bonds. The van der Waals surface area contributed by atoms with Gasteiger partial charge in [0.2, 0.25) is 5.91 Å². The Balaban J connectivity index is 0.905. The topological polar surface area (TPSA) is 129 Å². The number of piperidine rings is 1. The average molecular weight is 685 g/mol. The smallest absolute Gasteiger partial charge is 0.329 e. The molecule has 51 heavy (non-hydrogen) atoms. The third-order valence-electron chi connectivity index (χ3n) is 11.6. The first-order valence-electron chi connectivity index (χ1n) is 18.2. The van der Waals surface area contributed by atoms with Crippen LogP contribution in [-0.2, 0) is 23.2 Å². The number of aryl methyl sites for hydroxylation is 1. The molecule has 4 aromatic rings. The van der Waals surface area contributed by atoms with E-state index in [2.05, 4.69) is 69.0 Å². The van der Waals surface area contributed by atoms with Crippen molar-refractivity contribution < 1.29 is 14.4 Å². The molecule has 11 heteroatoms. The van der Waals surface area contributed by atoms with E-state index in [-0.39, 0.29) is 18.1 Å². The van der Waals surface area contributed by atoms with Gasteiger partial charge in [-0.15, -0.1) is 0 Å². The number of hydrogen-bond acceptors (Lipinski definition) is 8. The van der Waals surface area contributed by atoms with E-state index in [0.717, 1.165) is 104 Å². The highest BCUT2D eigenvalue weighted by Gasteiger charge is 2.41. The van der Waals surface area contributed by atoms with E-state index in [1.165, 1.54) is 16.2 Å². The highest BCUT2D eigenvalue weighted by atomic mass is 16.2. The van der Waals surface area contributed by atoms with Gasteiger partial charge < -0.3 is 9.88 Å². The normalized spacial score (nSPS) is 19.9. The van der Waals surface area contributed by atoms with E-state index in [1.807, 2.05) is 30.5 Å².